The third-order valence-electron chi connectivity index (χ3n) is 5.11. The topological polar surface area (TPSA) is 105 Å². The number of carbonyl (C=O) groups is 4. The van der Waals surface area contributed by atoms with Gasteiger partial charge in [0.25, 0.3) is 11.8 Å². The SMILES string of the molecule is C[C@H](OC(=O)CN1C(=O)N[C@@](C)(CCc2ccccc2)C1=O)C(=O)Nc1ccccc1. The first-order valence-electron chi connectivity index (χ1n) is 10.0. The maximum absolute atomic E-state index is 12.8. The van der Waals surface area contributed by atoms with Gasteiger partial charge in [-0.05, 0) is 44.4 Å². The van der Waals surface area contributed by atoms with Crippen LogP contribution in [0.4, 0.5) is 10.5 Å². The number of hydrogen-bond donors (Lipinski definition) is 2. The van der Waals surface area contributed by atoms with E-state index >= 15 is 0 Å². The number of urea groups is 1. The summed E-state index contributed by atoms with van der Waals surface area (Å²) in [5, 5.41) is 5.29. The Morgan fingerprint density at radius 1 is 1.06 bits per heavy atom. The van der Waals surface area contributed by atoms with E-state index in [9.17, 15) is 19.2 Å². The lowest BCUT2D eigenvalue weighted by atomic mass is 9.93. The molecule has 1 heterocycles. The summed E-state index contributed by atoms with van der Waals surface area (Å²) >= 11 is 0. The molecule has 0 spiro atoms. The van der Waals surface area contributed by atoms with E-state index in [2.05, 4.69) is 10.6 Å². The fourth-order valence-electron chi connectivity index (χ4n) is 3.28. The third kappa shape index (κ3) is 5.48. The Labute approximate surface area is 180 Å². The largest absolute Gasteiger partial charge is 0.451 e. The fourth-order valence-corrected chi connectivity index (χ4v) is 3.28. The number of anilines is 1. The normalized spacial score (nSPS) is 19.0. The zero-order valence-electron chi connectivity index (χ0n) is 17.5. The molecule has 8 nitrogen and oxygen atoms in total. The van der Waals surface area contributed by atoms with E-state index < -0.39 is 42.0 Å². The minimum Gasteiger partial charge on any atom is -0.451 e. The van der Waals surface area contributed by atoms with Gasteiger partial charge in [0, 0.05) is 5.69 Å². The van der Waals surface area contributed by atoms with Crippen molar-refractivity contribution in [2.45, 2.75) is 38.3 Å². The monoisotopic (exact) mass is 423 g/mol. The summed E-state index contributed by atoms with van der Waals surface area (Å²) in [4.78, 5) is 50.4. The second kappa shape index (κ2) is 9.42. The van der Waals surface area contributed by atoms with E-state index in [1.165, 1.54) is 6.92 Å². The van der Waals surface area contributed by atoms with Gasteiger partial charge in [0.2, 0.25) is 0 Å². The van der Waals surface area contributed by atoms with Gasteiger partial charge < -0.3 is 15.4 Å². The summed E-state index contributed by atoms with van der Waals surface area (Å²) in [7, 11) is 0. The average Bonchev–Trinajstić information content (AvgIpc) is 2.97. The van der Waals surface area contributed by atoms with E-state index in [1.807, 2.05) is 36.4 Å². The first kappa shape index (κ1) is 22.0. The predicted octanol–water partition coefficient (Wildman–Crippen LogP) is 2.50. The number of nitrogens with one attached hydrogen (secondary N) is 2. The van der Waals surface area contributed by atoms with Gasteiger partial charge in [-0.15, -0.1) is 0 Å². The molecule has 2 aromatic rings. The highest BCUT2D eigenvalue weighted by Gasteiger charge is 2.48. The maximum atomic E-state index is 12.8. The zero-order chi connectivity index (χ0) is 22.4. The molecule has 0 bridgehead atoms. The lowest BCUT2D eigenvalue weighted by Crippen LogP contribution is -2.45. The summed E-state index contributed by atoms with van der Waals surface area (Å²) in [6.45, 7) is 2.50. The molecule has 2 atom stereocenters. The second-order valence-electron chi connectivity index (χ2n) is 7.63. The average molecular weight is 423 g/mol. The van der Waals surface area contributed by atoms with Gasteiger partial charge in [-0.2, -0.15) is 0 Å². The Hall–Kier alpha value is -3.68. The maximum Gasteiger partial charge on any atom is 0.327 e. The van der Waals surface area contributed by atoms with Crippen molar-refractivity contribution in [2.24, 2.45) is 0 Å². The van der Waals surface area contributed by atoms with Crippen LogP contribution in [-0.2, 0) is 25.5 Å². The van der Waals surface area contributed by atoms with E-state index in [0.29, 0.717) is 18.5 Å². The summed E-state index contributed by atoms with van der Waals surface area (Å²) < 4.78 is 5.12. The Balaban J connectivity index is 1.53. The van der Waals surface area contributed by atoms with Crippen molar-refractivity contribution in [3.63, 3.8) is 0 Å². The van der Waals surface area contributed by atoms with Crippen LogP contribution >= 0.6 is 0 Å². The van der Waals surface area contributed by atoms with E-state index in [-0.39, 0.29) is 0 Å². The summed E-state index contributed by atoms with van der Waals surface area (Å²) in [5.74, 6) is -1.84. The van der Waals surface area contributed by atoms with Gasteiger partial charge in [-0.1, -0.05) is 48.5 Å². The number of aryl methyl sites for hydroxylation is 1. The lowest BCUT2D eigenvalue weighted by molar-refractivity contribution is -0.155. The Bertz CT molecular complexity index is 964. The molecule has 162 valence electrons. The van der Waals surface area contributed by atoms with Crippen molar-refractivity contribution in [1.29, 1.82) is 0 Å². The van der Waals surface area contributed by atoms with Crippen LogP contribution in [-0.4, -0.2) is 46.9 Å². The minimum absolute atomic E-state index is 0.392. The van der Waals surface area contributed by atoms with Crippen molar-refractivity contribution >= 4 is 29.5 Å². The van der Waals surface area contributed by atoms with Crippen LogP contribution in [0.5, 0.6) is 0 Å². The Kier molecular flexibility index (Phi) is 6.69. The molecule has 1 saturated heterocycles. The van der Waals surface area contributed by atoms with Crippen LogP contribution in [0, 0.1) is 0 Å². The summed E-state index contributed by atoms with van der Waals surface area (Å²) in [6.07, 6.45) is -0.0978. The smallest absolute Gasteiger partial charge is 0.327 e. The van der Waals surface area contributed by atoms with Gasteiger partial charge in [0.05, 0.1) is 0 Å². The number of nitrogens with zero attached hydrogens (tertiary/aromatic N) is 1. The molecule has 31 heavy (non-hydrogen) atoms. The molecule has 0 aromatic heterocycles. The highest BCUT2D eigenvalue weighted by Crippen LogP contribution is 2.23. The fraction of sp³-hybridized carbons (Fsp3) is 0.304. The third-order valence-corrected chi connectivity index (χ3v) is 5.11. The number of hydrogen-bond acceptors (Lipinski definition) is 5. The van der Waals surface area contributed by atoms with Crippen molar-refractivity contribution in [2.75, 3.05) is 11.9 Å². The molecule has 2 N–H and O–H groups in total. The van der Waals surface area contributed by atoms with Crippen LogP contribution in [0.1, 0.15) is 25.8 Å². The first-order chi connectivity index (χ1) is 14.8. The Morgan fingerprint density at radius 3 is 2.32 bits per heavy atom. The number of rotatable bonds is 8. The van der Waals surface area contributed by atoms with E-state index in [1.54, 1.807) is 31.2 Å². The zero-order valence-corrected chi connectivity index (χ0v) is 17.5. The van der Waals surface area contributed by atoms with Gasteiger partial charge >= 0.3 is 12.0 Å². The molecule has 1 aliphatic heterocycles. The number of benzene rings is 2. The predicted molar refractivity (Wildman–Crippen MR) is 114 cm³/mol. The molecule has 2 aromatic carbocycles. The number of para-hydroxylation sites is 1. The molecule has 1 fully saturated rings. The summed E-state index contributed by atoms with van der Waals surface area (Å²) in [5.41, 5.74) is 0.504. The van der Waals surface area contributed by atoms with E-state index in [4.69, 9.17) is 4.74 Å². The quantitative estimate of drug-likeness (QED) is 0.501. The van der Waals surface area contributed by atoms with Crippen molar-refractivity contribution in [3.8, 4) is 0 Å². The molecule has 4 amide bonds. The summed E-state index contributed by atoms with van der Waals surface area (Å²) in [6, 6.07) is 17.7. The first-order valence-corrected chi connectivity index (χ1v) is 10.0. The van der Waals surface area contributed by atoms with Crippen LogP contribution in [0.2, 0.25) is 0 Å². The number of imide groups is 1. The molecule has 1 aliphatic rings. The van der Waals surface area contributed by atoms with Gasteiger partial charge in [-0.25, -0.2) is 4.79 Å². The van der Waals surface area contributed by atoms with Crippen molar-refractivity contribution in [3.05, 3.63) is 66.2 Å². The lowest BCUT2D eigenvalue weighted by Gasteiger charge is -2.21. The number of esters is 1. The highest BCUT2D eigenvalue weighted by atomic mass is 16.5. The van der Waals surface area contributed by atoms with Crippen LogP contribution in [0.3, 0.4) is 0 Å². The number of ether oxygens (including phenoxy) is 1. The van der Waals surface area contributed by atoms with Crippen molar-refractivity contribution in [1.82, 2.24) is 10.2 Å². The van der Waals surface area contributed by atoms with Gasteiger partial charge in [0.15, 0.2) is 6.10 Å². The van der Waals surface area contributed by atoms with Gasteiger partial charge in [0.1, 0.15) is 12.1 Å². The molecular weight excluding hydrogens is 398 g/mol. The van der Waals surface area contributed by atoms with E-state index in [0.717, 1.165) is 10.5 Å². The molecule has 0 radical (unpaired) electrons. The molecule has 0 saturated carbocycles. The second-order valence-corrected chi connectivity index (χ2v) is 7.63. The standard InChI is InChI=1S/C23H25N3O5/c1-16(20(28)24-18-11-7-4-8-12-18)31-19(27)15-26-21(29)23(2,25-22(26)30)14-13-17-9-5-3-6-10-17/h3-12,16H,13-15H2,1-2H3,(H,24,28)(H,25,30)/t16-,23-/m0/s1. The molecule has 0 aliphatic carbocycles. The molecule has 0 unspecified atom stereocenters. The van der Waals surface area contributed by atoms with Crippen LogP contribution < -0.4 is 10.6 Å². The molecule has 8 heteroatoms. The molecular formula is C23H25N3O5. The minimum atomic E-state index is -1.11. The highest BCUT2D eigenvalue weighted by molar-refractivity contribution is 6.08. The number of carbonyl (C=O) groups excluding carboxylic acids is 4. The Morgan fingerprint density at radius 2 is 1.68 bits per heavy atom. The van der Waals surface area contributed by atoms with Crippen molar-refractivity contribution < 1.29 is 23.9 Å². The van der Waals surface area contributed by atoms with Gasteiger partial charge in [-0.3, -0.25) is 19.3 Å². The molecule has 3 rings (SSSR count). The van der Waals surface area contributed by atoms with Crippen LogP contribution in [0.25, 0.3) is 0 Å². The van der Waals surface area contributed by atoms with Crippen LogP contribution in [0.15, 0.2) is 60.7 Å². The number of amides is 4.